The van der Waals surface area contributed by atoms with Crippen molar-refractivity contribution in [2.24, 2.45) is 0 Å². The van der Waals surface area contributed by atoms with Crippen LogP contribution in [0.5, 0.6) is 0 Å². The van der Waals surface area contributed by atoms with E-state index in [0.29, 0.717) is 13.1 Å². The highest BCUT2D eigenvalue weighted by Crippen LogP contribution is 2.16. The molecule has 0 N–H and O–H groups in total. The van der Waals surface area contributed by atoms with E-state index < -0.39 is 11.9 Å². The van der Waals surface area contributed by atoms with Crippen LogP contribution < -0.4 is 0 Å². The van der Waals surface area contributed by atoms with Crippen LogP contribution in [0.1, 0.15) is 31.7 Å². The first-order valence-corrected chi connectivity index (χ1v) is 7.51. The number of urea groups is 1. The standard InChI is InChI=1S/C17H20N2O3/c1-14(21)19(17(22)18-10-6-3-7-11-18)16(13-20)12-15-8-4-2-5-9-15/h2,4-5,8-9H,3,6-7,10-12H2,1H3. The van der Waals surface area contributed by atoms with Gasteiger partial charge in [0.1, 0.15) is 11.6 Å². The molecule has 1 aromatic rings. The highest BCUT2D eigenvalue weighted by molar-refractivity contribution is 5.97. The number of nitrogens with zero attached hydrogens (tertiary/aromatic N) is 2. The molecule has 1 aliphatic heterocycles. The van der Waals surface area contributed by atoms with Crippen molar-refractivity contribution in [3.63, 3.8) is 0 Å². The van der Waals surface area contributed by atoms with Gasteiger partial charge in [-0.25, -0.2) is 14.5 Å². The summed E-state index contributed by atoms with van der Waals surface area (Å²) in [6.45, 7) is 2.55. The Labute approximate surface area is 130 Å². The lowest BCUT2D eigenvalue weighted by Gasteiger charge is -2.31. The monoisotopic (exact) mass is 300 g/mol. The zero-order valence-electron chi connectivity index (χ0n) is 12.7. The molecule has 5 nitrogen and oxygen atoms in total. The van der Waals surface area contributed by atoms with Crippen LogP contribution in [0.3, 0.4) is 0 Å². The van der Waals surface area contributed by atoms with E-state index in [-0.39, 0.29) is 12.1 Å². The molecule has 1 aliphatic rings. The molecule has 116 valence electrons. The normalized spacial score (nSPS) is 14.1. The first-order valence-electron chi connectivity index (χ1n) is 7.51. The van der Waals surface area contributed by atoms with Crippen LogP contribution in [0.25, 0.3) is 0 Å². The molecule has 0 radical (unpaired) electrons. The van der Waals surface area contributed by atoms with Crippen molar-refractivity contribution in [3.8, 4) is 0 Å². The van der Waals surface area contributed by atoms with E-state index >= 15 is 0 Å². The number of carbonyl (C=O) groups is 2. The van der Waals surface area contributed by atoms with E-state index in [9.17, 15) is 14.4 Å². The van der Waals surface area contributed by atoms with Crippen molar-refractivity contribution >= 4 is 17.9 Å². The molecule has 1 heterocycles. The van der Waals surface area contributed by atoms with E-state index in [1.54, 1.807) is 10.8 Å². The van der Waals surface area contributed by atoms with Crippen molar-refractivity contribution in [3.05, 3.63) is 41.6 Å². The molecule has 1 saturated heterocycles. The Morgan fingerprint density at radius 1 is 1.14 bits per heavy atom. The number of carbonyl (C=O) groups excluding carboxylic acids is 3. The van der Waals surface area contributed by atoms with Gasteiger partial charge in [0.25, 0.3) is 0 Å². The van der Waals surface area contributed by atoms with E-state index in [4.69, 9.17) is 0 Å². The lowest BCUT2D eigenvalue weighted by Crippen LogP contribution is -2.47. The number of allylic oxidation sites excluding steroid dienone is 1. The van der Waals surface area contributed by atoms with Gasteiger partial charge in [0.15, 0.2) is 0 Å². The Morgan fingerprint density at radius 3 is 2.32 bits per heavy atom. The molecule has 0 atom stereocenters. The summed E-state index contributed by atoms with van der Waals surface area (Å²) >= 11 is 0. The van der Waals surface area contributed by atoms with E-state index in [1.165, 1.54) is 6.92 Å². The quantitative estimate of drug-likeness (QED) is 0.805. The third-order valence-corrected chi connectivity index (χ3v) is 3.73. The van der Waals surface area contributed by atoms with Crippen LogP contribution in [-0.2, 0) is 16.0 Å². The SMILES string of the molecule is CC(=O)N(C(=O)N1CCCCC1)C(=C=O)Cc1ccccc1. The van der Waals surface area contributed by atoms with Gasteiger partial charge in [-0.15, -0.1) is 0 Å². The Hall–Kier alpha value is -2.39. The molecule has 0 aliphatic carbocycles. The highest BCUT2D eigenvalue weighted by atomic mass is 16.2. The average molecular weight is 300 g/mol. The highest BCUT2D eigenvalue weighted by Gasteiger charge is 2.29. The lowest BCUT2D eigenvalue weighted by molar-refractivity contribution is -0.125. The van der Waals surface area contributed by atoms with Gasteiger partial charge in [0.05, 0.1) is 0 Å². The molecular weight excluding hydrogens is 280 g/mol. The Kier molecular flexibility index (Phi) is 5.50. The number of hydrogen-bond donors (Lipinski definition) is 0. The maximum Gasteiger partial charge on any atom is 0.331 e. The summed E-state index contributed by atoms with van der Waals surface area (Å²) in [6.07, 6.45) is 3.15. The maximum absolute atomic E-state index is 12.6. The van der Waals surface area contributed by atoms with Gasteiger partial charge >= 0.3 is 6.03 Å². The summed E-state index contributed by atoms with van der Waals surface area (Å²) < 4.78 is 0. The first kappa shape index (κ1) is 16.0. The predicted molar refractivity (Wildman–Crippen MR) is 82.7 cm³/mol. The summed E-state index contributed by atoms with van der Waals surface area (Å²) in [5.41, 5.74) is 0.924. The zero-order chi connectivity index (χ0) is 15.9. The third kappa shape index (κ3) is 3.83. The minimum absolute atomic E-state index is 0.0641. The van der Waals surface area contributed by atoms with Crippen molar-refractivity contribution in [1.29, 1.82) is 0 Å². The van der Waals surface area contributed by atoms with Crippen LogP contribution in [0.2, 0.25) is 0 Å². The van der Waals surface area contributed by atoms with Gasteiger partial charge in [-0.2, -0.15) is 0 Å². The molecule has 0 spiro atoms. The van der Waals surface area contributed by atoms with Gasteiger partial charge in [0.2, 0.25) is 5.91 Å². The van der Waals surface area contributed by atoms with Crippen LogP contribution in [0.4, 0.5) is 4.79 Å². The van der Waals surface area contributed by atoms with Crippen molar-refractivity contribution in [2.45, 2.75) is 32.6 Å². The number of imide groups is 1. The summed E-state index contributed by atoms with van der Waals surface area (Å²) in [5, 5.41) is 0. The fourth-order valence-electron chi connectivity index (χ4n) is 2.62. The second kappa shape index (κ2) is 7.57. The first-order chi connectivity index (χ1) is 10.6. The van der Waals surface area contributed by atoms with Gasteiger partial charge in [-0.05, 0) is 24.8 Å². The Balaban J connectivity index is 2.19. The largest absolute Gasteiger partial charge is 0.331 e. The van der Waals surface area contributed by atoms with Gasteiger partial charge in [-0.3, -0.25) is 4.79 Å². The van der Waals surface area contributed by atoms with Crippen LogP contribution in [0.15, 0.2) is 36.0 Å². The van der Waals surface area contributed by atoms with Crippen LogP contribution in [-0.4, -0.2) is 40.8 Å². The van der Waals surface area contributed by atoms with E-state index in [0.717, 1.165) is 29.7 Å². The van der Waals surface area contributed by atoms with Crippen molar-refractivity contribution in [1.82, 2.24) is 9.80 Å². The third-order valence-electron chi connectivity index (χ3n) is 3.73. The number of piperidine rings is 1. The summed E-state index contributed by atoms with van der Waals surface area (Å²) in [4.78, 5) is 38.4. The fourth-order valence-corrected chi connectivity index (χ4v) is 2.62. The van der Waals surface area contributed by atoms with Gasteiger partial charge in [0, 0.05) is 26.4 Å². The lowest BCUT2D eigenvalue weighted by atomic mass is 10.1. The maximum atomic E-state index is 12.6. The number of likely N-dealkylation sites (tertiary alicyclic amines) is 1. The second-order valence-corrected chi connectivity index (χ2v) is 5.40. The number of amides is 3. The predicted octanol–water partition coefficient (Wildman–Crippen LogP) is 2.40. The Bertz CT molecular complexity index is 585. The van der Waals surface area contributed by atoms with E-state index in [2.05, 4.69) is 0 Å². The van der Waals surface area contributed by atoms with Gasteiger partial charge < -0.3 is 4.90 Å². The van der Waals surface area contributed by atoms with Crippen molar-refractivity contribution < 1.29 is 14.4 Å². The molecule has 0 unspecified atom stereocenters. The van der Waals surface area contributed by atoms with Crippen LogP contribution >= 0.6 is 0 Å². The molecule has 1 aromatic carbocycles. The summed E-state index contributed by atoms with van der Waals surface area (Å²) in [6, 6.07) is 8.85. The smallest absolute Gasteiger partial charge is 0.324 e. The molecule has 5 heteroatoms. The minimum atomic E-state index is -0.454. The second-order valence-electron chi connectivity index (χ2n) is 5.40. The van der Waals surface area contributed by atoms with Crippen molar-refractivity contribution in [2.75, 3.05) is 13.1 Å². The fraction of sp³-hybridized carbons (Fsp3) is 0.412. The minimum Gasteiger partial charge on any atom is -0.324 e. The molecule has 0 saturated carbocycles. The number of benzene rings is 1. The summed E-state index contributed by atoms with van der Waals surface area (Å²) in [5.74, 6) is 1.32. The Morgan fingerprint density at radius 2 is 1.77 bits per heavy atom. The molecule has 0 aromatic heterocycles. The van der Waals surface area contributed by atoms with E-state index in [1.807, 2.05) is 30.3 Å². The molecule has 0 bridgehead atoms. The molecule has 2 rings (SSSR count). The van der Waals surface area contributed by atoms with Gasteiger partial charge in [-0.1, -0.05) is 30.3 Å². The molecule has 3 amide bonds. The number of hydrogen-bond acceptors (Lipinski definition) is 3. The van der Waals surface area contributed by atoms with Crippen LogP contribution in [0, 0.1) is 0 Å². The average Bonchev–Trinajstić information content (AvgIpc) is 2.55. The summed E-state index contributed by atoms with van der Waals surface area (Å²) in [7, 11) is 0. The number of rotatable bonds is 3. The molecule has 1 fully saturated rings. The molecule has 22 heavy (non-hydrogen) atoms. The topological polar surface area (TPSA) is 57.7 Å². The zero-order valence-corrected chi connectivity index (χ0v) is 12.7. The molecular formula is C17H20N2O3.